The van der Waals surface area contributed by atoms with E-state index in [1.807, 2.05) is 0 Å². The molecule has 0 spiro atoms. The Hall–Kier alpha value is -3.02. The highest BCUT2D eigenvalue weighted by Crippen LogP contribution is 2.23. The molecule has 2 rings (SSSR count). The molecule has 28 heavy (non-hydrogen) atoms. The van der Waals surface area contributed by atoms with Crippen molar-refractivity contribution >= 4 is 17.6 Å². The van der Waals surface area contributed by atoms with Crippen molar-refractivity contribution in [2.24, 2.45) is 0 Å². The number of unbranched alkanes of at least 4 members (excludes halogenated alkanes) is 2. The first kappa shape index (κ1) is 21.3. The van der Waals surface area contributed by atoms with Crippen LogP contribution in [-0.2, 0) is 9.53 Å². The van der Waals surface area contributed by atoms with Gasteiger partial charge in [-0.1, -0.05) is 31.9 Å². The van der Waals surface area contributed by atoms with Crippen molar-refractivity contribution in [3.05, 3.63) is 54.1 Å². The number of para-hydroxylation sites is 2. The number of anilines is 1. The van der Waals surface area contributed by atoms with Gasteiger partial charge >= 0.3 is 5.97 Å². The predicted molar refractivity (Wildman–Crippen MR) is 108 cm³/mol. The van der Waals surface area contributed by atoms with Crippen molar-refractivity contribution in [1.29, 1.82) is 0 Å². The molecule has 6 nitrogen and oxygen atoms in total. The summed E-state index contributed by atoms with van der Waals surface area (Å²) in [6.07, 6.45) is 2.30. The van der Waals surface area contributed by atoms with Crippen LogP contribution in [0, 0.1) is 0 Å². The van der Waals surface area contributed by atoms with Crippen LogP contribution in [0.4, 0.5) is 5.69 Å². The van der Waals surface area contributed by atoms with E-state index in [1.165, 1.54) is 14.0 Å². The molecule has 0 aliphatic rings. The van der Waals surface area contributed by atoms with Crippen molar-refractivity contribution in [2.45, 2.75) is 39.2 Å². The van der Waals surface area contributed by atoms with E-state index in [1.54, 1.807) is 48.5 Å². The molecule has 0 bridgehead atoms. The Bertz CT molecular complexity index is 773. The van der Waals surface area contributed by atoms with Gasteiger partial charge in [0, 0.05) is 0 Å². The van der Waals surface area contributed by atoms with E-state index >= 15 is 0 Å². The van der Waals surface area contributed by atoms with E-state index in [9.17, 15) is 9.59 Å². The summed E-state index contributed by atoms with van der Waals surface area (Å²) < 4.78 is 16.1. The van der Waals surface area contributed by atoms with Gasteiger partial charge in [0.1, 0.15) is 11.5 Å². The van der Waals surface area contributed by atoms with Crippen molar-refractivity contribution in [1.82, 2.24) is 0 Å². The van der Waals surface area contributed by atoms with Gasteiger partial charge in [0.25, 0.3) is 5.91 Å². The highest BCUT2D eigenvalue weighted by molar-refractivity contribution is 5.98. The largest absolute Gasteiger partial charge is 0.495 e. The first-order valence-electron chi connectivity index (χ1n) is 9.43. The van der Waals surface area contributed by atoms with Gasteiger partial charge in [-0.15, -0.1) is 0 Å². The van der Waals surface area contributed by atoms with Crippen LogP contribution in [0.25, 0.3) is 0 Å². The second-order valence-corrected chi connectivity index (χ2v) is 6.32. The van der Waals surface area contributed by atoms with Crippen LogP contribution < -0.4 is 14.8 Å². The van der Waals surface area contributed by atoms with E-state index in [2.05, 4.69) is 12.2 Å². The van der Waals surface area contributed by atoms with Gasteiger partial charge in [0.05, 0.1) is 25.0 Å². The fourth-order valence-electron chi connectivity index (χ4n) is 2.49. The zero-order valence-electron chi connectivity index (χ0n) is 16.6. The zero-order chi connectivity index (χ0) is 20.4. The lowest BCUT2D eigenvalue weighted by Gasteiger charge is -2.15. The molecule has 1 atom stereocenters. The molecule has 0 saturated heterocycles. The molecule has 0 fully saturated rings. The fourth-order valence-corrected chi connectivity index (χ4v) is 2.49. The van der Waals surface area contributed by atoms with Crippen LogP contribution in [0.15, 0.2) is 48.5 Å². The van der Waals surface area contributed by atoms with Crippen LogP contribution >= 0.6 is 0 Å². The monoisotopic (exact) mass is 385 g/mol. The van der Waals surface area contributed by atoms with Crippen LogP contribution in [0.2, 0.25) is 0 Å². The number of carbonyl (C=O) groups excluding carboxylic acids is 2. The molecule has 0 aromatic heterocycles. The highest BCUT2D eigenvalue weighted by Gasteiger charge is 2.20. The number of ether oxygens (including phenoxy) is 3. The maximum absolute atomic E-state index is 12.3. The Morgan fingerprint density at radius 3 is 2.43 bits per heavy atom. The highest BCUT2D eigenvalue weighted by atomic mass is 16.5. The summed E-state index contributed by atoms with van der Waals surface area (Å²) in [4.78, 5) is 24.6. The number of rotatable bonds is 10. The van der Waals surface area contributed by atoms with Crippen LogP contribution in [0.5, 0.6) is 11.5 Å². The molecule has 2 aromatic carbocycles. The normalized spacial score (nSPS) is 11.4. The smallest absolute Gasteiger partial charge is 0.338 e. The number of nitrogens with one attached hydrogen (secondary N) is 1. The molecule has 1 N–H and O–H groups in total. The number of methoxy groups -OCH3 is 1. The van der Waals surface area contributed by atoms with Gasteiger partial charge in [0.2, 0.25) is 0 Å². The minimum absolute atomic E-state index is 0.359. The Kier molecular flexibility index (Phi) is 8.34. The van der Waals surface area contributed by atoms with Gasteiger partial charge in [-0.25, -0.2) is 4.79 Å². The third-order valence-corrected chi connectivity index (χ3v) is 4.12. The SMILES string of the molecule is CCCCCOc1ccc(C(=O)O[C@@H](C)C(=O)Nc2ccccc2OC)cc1. The van der Waals surface area contributed by atoms with Crippen LogP contribution in [0.1, 0.15) is 43.5 Å². The van der Waals surface area contributed by atoms with Crippen LogP contribution in [0.3, 0.4) is 0 Å². The Morgan fingerprint density at radius 2 is 1.75 bits per heavy atom. The molecule has 150 valence electrons. The van der Waals surface area contributed by atoms with Crippen molar-refractivity contribution < 1.29 is 23.8 Å². The number of hydrogen-bond acceptors (Lipinski definition) is 5. The topological polar surface area (TPSA) is 73.9 Å². The average Bonchev–Trinajstić information content (AvgIpc) is 2.72. The molecule has 0 aliphatic heterocycles. The molecule has 0 saturated carbocycles. The summed E-state index contributed by atoms with van der Waals surface area (Å²) in [5.41, 5.74) is 0.875. The second-order valence-electron chi connectivity index (χ2n) is 6.32. The van der Waals surface area contributed by atoms with Crippen LogP contribution in [-0.4, -0.2) is 31.7 Å². The quantitative estimate of drug-likeness (QED) is 0.483. The maximum Gasteiger partial charge on any atom is 0.338 e. The first-order chi connectivity index (χ1) is 13.5. The molecular weight excluding hydrogens is 358 g/mol. The van der Waals surface area contributed by atoms with Gasteiger partial charge in [0.15, 0.2) is 6.10 Å². The number of hydrogen-bond donors (Lipinski definition) is 1. The lowest BCUT2D eigenvalue weighted by atomic mass is 10.2. The van der Waals surface area contributed by atoms with E-state index in [0.29, 0.717) is 29.4 Å². The van der Waals surface area contributed by atoms with Gasteiger partial charge in [-0.2, -0.15) is 0 Å². The molecule has 6 heteroatoms. The standard InChI is InChI=1S/C22H27NO5/c1-4-5-8-15-27-18-13-11-17(12-14-18)22(25)28-16(2)21(24)23-19-9-6-7-10-20(19)26-3/h6-7,9-14,16H,4-5,8,15H2,1-3H3,(H,23,24)/t16-/m0/s1. The summed E-state index contributed by atoms with van der Waals surface area (Å²) in [5.74, 6) is 0.229. The van der Waals surface area contributed by atoms with Gasteiger partial charge in [-0.3, -0.25) is 4.79 Å². The fraction of sp³-hybridized carbons (Fsp3) is 0.364. The molecule has 0 aliphatic carbocycles. The third kappa shape index (κ3) is 6.30. The van der Waals surface area contributed by atoms with E-state index in [-0.39, 0.29) is 0 Å². The number of carbonyl (C=O) groups is 2. The van der Waals surface area contributed by atoms with Crippen molar-refractivity contribution in [3.63, 3.8) is 0 Å². The Morgan fingerprint density at radius 1 is 1.04 bits per heavy atom. The summed E-state index contributed by atoms with van der Waals surface area (Å²) in [6.45, 7) is 4.31. The summed E-state index contributed by atoms with van der Waals surface area (Å²) in [5, 5.41) is 2.70. The minimum Gasteiger partial charge on any atom is -0.495 e. The Balaban J connectivity index is 1.88. The third-order valence-electron chi connectivity index (χ3n) is 4.12. The second kappa shape index (κ2) is 11.0. The number of benzene rings is 2. The van der Waals surface area contributed by atoms with E-state index in [0.717, 1.165) is 19.3 Å². The zero-order valence-corrected chi connectivity index (χ0v) is 16.6. The Labute approximate surface area is 165 Å². The van der Waals surface area contributed by atoms with Crippen molar-refractivity contribution in [3.8, 4) is 11.5 Å². The summed E-state index contributed by atoms with van der Waals surface area (Å²) in [6, 6.07) is 13.7. The first-order valence-corrected chi connectivity index (χ1v) is 9.43. The predicted octanol–water partition coefficient (Wildman–Crippen LogP) is 4.45. The summed E-state index contributed by atoms with van der Waals surface area (Å²) >= 11 is 0. The number of esters is 1. The minimum atomic E-state index is -0.956. The maximum atomic E-state index is 12.3. The lowest BCUT2D eigenvalue weighted by Crippen LogP contribution is -2.30. The molecule has 0 heterocycles. The lowest BCUT2D eigenvalue weighted by molar-refractivity contribution is -0.123. The van der Waals surface area contributed by atoms with Gasteiger partial charge in [-0.05, 0) is 49.7 Å². The van der Waals surface area contributed by atoms with E-state index in [4.69, 9.17) is 14.2 Å². The molecular formula is C22H27NO5. The average molecular weight is 385 g/mol. The van der Waals surface area contributed by atoms with E-state index < -0.39 is 18.0 Å². The molecule has 0 unspecified atom stereocenters. The summed E-state index contributed by atoms with van der Waals surface area (Å²) in [7, 11) is 1.52. The molecule has 0 radical (unpaired) electrons. The molecule has 1 amide bonds. The number of amides is 1. The molecule has 2 aromatic rings. The van der Waals surface area contributed by atoms with Crippen molar-refractivity contribution in [2.75, 3.05) is 19.0 Å². The van der Waals surface area contributed by atoms with Gasteiger partial charge < -0.3 is 19.5 Å².